The van der Waals surface area contributed by atoms with Crippen LogP contribution >= 0.6 is 0 Å². The third-order valence-electron chi connectivity index (χ3n) is 2.59. The molecule has 0 saturated heterocycles. The second-order valence-electron chi connectivity index (χ2n) is 3.84. The topological polar surface area (TPSA) is 46.5 Å². The molecule has 0 spiro atoms. The van der Waals surface area contributed by atoms with Crippen LogP contribution in [0.2, 0.25) is 0 Å². The van der Waals surface area contributed by atoms with E-state index in [0.717, 1.165) is 0 Å². The Morgan fingerprint density at radius 3 is 2.50 bits per heavy atom. The Bertz CT molecular complexity index is 547. The molecule has 0 saturated carbocycles. The summed E-state index contributed by atoms with van der Waals surface area (Å²) in [7, 11) is 0. The van der Waals surface area contributed by atoms with Crippen molar-refractivity contribution in [3.8, 4) is 17.2 Å². The van der Waals surface area contributed by atoms with Gasteiger partial charge in [0, 0.05) is 6.42 Å². The zero-order valence-electron chi connectivity index (χ0n) is 10.1. The summed E-state index contributed by atoms with van der Waals surface area (Å²) in [5, 5.41) is 10.0. The van der Waals surface area contributed by atoms with Gasteiger partial charge in [-0.25, -0.2) is 0 Å². The fraction of sp³-hybridized carbons (Fsp3) is 0.133. The van der Waals surface area contributed by atoms with Gasteiger partial charge in [-0.1, -0.05) is 31.2 Å². The number of carbonyl (C=O) groups is 1. The first-order chi connectivity index (χ1) is 8.72. The van der Waals surface area contributed by atoms with Gasteiger partial charge in [-0.15, -0.1) is 0 Å². The second kappa shape index (κ2) is 5.36. The molecule has 0 aliphatic rings. The summed E-state index contributed by atoms with van der Waals surface area (Å²) < 4.78 is 5.54. The molecule has 0 aromatic heterocycles. The minimum absolute atomic E-state index is 0.104. The lowest BCUT2D eigenvalue weighted by molar-refractivity contribution is 0.0985. The number of hydrogen-bond acceptors (Lipinski definition) is 3. The van der Waals surface area contributed by atoms with Gasteiger partial charge in [0.05, 0.1) is 5.56 Å². The molecule has 0 aliphatic heterocycles. The van der Waals surface area contributed by atoms with Crippen LogP contribution in [-0.4, -0.2) is 10.9 Å². The summed E-state index contributed by atoms with van der Waals surface area (Å²) in [6.45, 7) is 1.76. The van der Waals surface area contributed by atoms with E-state index >= 15 is 0 Å². The average Bonchev–Trinajstić information content (AvgIpc) is 2.41. The number of carbonyl (C=O) groups excluding carboxylic acids is 1. The standard InChI is InChI=1S/C15H14O3/c1-2-13(16)12-9-6-10-14(15(12)17)18-11-7-4-3-5-8-11/h3-10,17H,2H2,1H3. The highest BCUT2D eigenvalue weighted by Crippen LogP contribution is 2.33. The quantitative estimate of drug-likeness (QED) is 0.830. The van der Waals surface area contributed by atoms with Crippen LogP contribution in [0, 0.1) is 0 Å². The van der Waals surface area contributed by atoms with Crippen molar-refractivity contribution in [2.75, 3.05) is 0 Å². The number of ether oxygens (including phenoxy) is 1. The molecule has 0 heterocycles. The van der Waals surface area contributed by atoms with Crippen LogP contribution in [-0.2, 0) is 0 Å². The van der Waals surface area contributed by atoms with Crippen LogP contribution in [0.15, 0.2) is 48.5 Å². The van der Waals surface area contributed by atoms with Gasteiger partial charge in [-0.2, -0.15) is 0 Å². The van der Waals surface area contributed by atoms with Crippen LogP contribution in [0.5, 0.6) is 17.2 Å². The van der Waals surface area contributed by atoms with Crippen LogP contribution in [0.25, 0.3) is 0 Å². The predicted molar refractivity (Wildman–Crippen MR) is 69.2 cm³/mol. The molecule has 0 fully saturated rings. The zero-order chi connectivity index (χ0) is 13.0. The Labute approximate surface area is 106 Å². The molecule has 0 unspecified atom stereocenters. The van der Waals surface area contributed by atoms with Gasteiger partial charge >= 0.3 is 0 Å². The van der Waals surface area contributed by atoms with Crippen molar-refractivity contribution < 1.29 is 14.6 Å². The van der Waals surface area contributed by atoms with E-state index in [1.165, 1.54) is 0 Å². The van der Waals surface area contributed by atoms with Crippen LogP contribution < -0.4 is 4.74 Å². The number of hydrogen-bond donors (Lipinski definition) is 1. The molecular weight excluding hydrogens is 228 g/mol. The Morgan fingerprint density at radius 1 is 1.11 bits per heavy atom. The molecule has 18 heavy (non-hydrogen) atoms. The monoisotopic (exact) mass is 242 g/mol. The fourth-order valence-corrected chi connectivity index (χ4v) is 1.64. The van der Waals surface area contributed by atoms with Gasteiger partial charge in [-0.3, -0.25) is 4.79 Å². The first kappa shape index (κ1) is 12.2. The second-order valence-corrected chi connectivity index (χ2v) is 3.84. The van der Waals surface area contributed by atoms with E-state index in [9.17, 15) is 9.90 Å². The van der Waals surface area contributed by atoms with Crippen molar-refractivity contribution in [3.63, 3.8) is 0 Å². The molecule has 2 aromatic carbocycles. The van der Waals surface area contributed by atoms with E-state index in [4.69, 9.17) is 4.74 Å². The van der Waals surface area contributed by atoms with Crippen molar-refractivity contribution >= 4 is 5.78 Å². The van der Waals surface area contributed by atoms with E-state index in [1.807, 2.05) is 18.2 Å². The van der Waals surface area contributed by atoms with Crippen molar-refractivity contribution in [2.45, 2.75) is 13.3 Å². The maximum atomic E-state index is 11.6. The Hall–Kier alpha value is -2.29. The van der Waals surface area contributed by atoms with E-state index in [2.05, 4.69) is 0 Å². The molecule has 0 aliphatic carbocycles. The first-order valence-electron chi connectivity index (χ1n) is 5.80. The molecule has 3 nitrogen and oxygen atoms in total. The summed E-state index contributed by atoms with van der Waals surface area (Å²) >= 11 is 0. The number of rotatable bonds is 4. The molecule has 1 N–H and O–H groups in total. The van der Waals surface area contributed by atoms with E-state index in [-0.39, 0.29) is 11.5 Å². The number of ketones is 1. The Kier molecular flexibility index (Phi) is 3.63. The minimum Gasteiger partial charge on any atom is -0.504 e. The highest BCUT2D eigenvalue weighted by molar-refractivity contribution is 5.99. The van der Waals surface area contributed by atoms with E-state index in [0.29, 0.717) is 23.5 Å². The van der Waals surface area contributed by atoms with Gasteiger partial charge in [0.2, 0.25) is 0 Å². The Morgan fingerprint density at radius 2 is 1.83 bits per heavy atom. The lowest BCUT2D eigenvalue weighted by Gasteiger charge is -2.09. The fourth-order valence-electron chi connectivity index (χ4n) is 1.64. The number of phenols is 1. The number of aromatic hydroxyl groups is 1. The minimum atomic E-state index is -0.106. The summed E-state index contributed by atoms with van der Waals surface area (Å²) in [6, 6.07) is 14.1. The molecule has 0 radical (unpaired) electrons. The van der Waals surface area contributed by atoms with Crippen LogP contribution in [0.1, 0.15) is 23.7 Å². The molecule has 0 bridgehead atoms. The molecule has 3 heteroatoms. The predicted octanol–water partition coefficient (Wildman–Crippen LogP) is 3.78. The van der Waals surface area contributed by atoms with Gasteiger partial charge < -0.3 is 9.84 Å². The van der Waals surface area contributed by atoms with Crippen molar-refractivity contribution in [3.05, 3.63) is 54.1 Å². The van der Waals surface area contributed by atoms with E-state index < -0.39 is 0 Å². The van der Waals surface area contributed by atoms with Gasteiger partial charge in [0.25, 0.3) is 0 Å². The van der Waals surface area contributed by atoms with Crippen molar-refractivity contribution in [1.29, 1.82) is 0 Å². The van der Waals surface area contributed by atoms with Crippen molar-refractivity contribution in [2.24, 2.45) is 0 Å². The van der Waals surface area contributed by atoms with Crippen LogP contribution in [0.3, 0.4) is 0 Å². The largest absolute Gasteiger partial charge is 0.504 e. The molecular formula is C15H14O3. The molecule has 0 amide bonds. The highest BCUT2D eigenvalue weighted by atomic mass is 16.5. The highest BCUT2D eigenvalue weighted by Gasteiger charge is 2.13. The number of phenolic OH excluding ortho intramolecular Hbond substituents is 1. The average molecular weight is 242 g/mol. The van der Waals surface area contributed by atoms with Gasteiger partial charge in [0.15, 0.2) is 17.3 Å². The maximum absolute atomic E-state index is 11.6. The lowest BCUT2D eigenvalue weighted by atomic mass is 10.1. The van der Waals surface area contributed by atoms with Gasteiger partial charge in [0.1, 0.15) is 5.75 Å². The molecule has 2 rings (SSSR count). The third-order valence-corrected chi connectivity index (χ3v) is 2.59. The Balaban J connectivity index is 2.32. The smallest absolute Gasteiger partial charge is 0.169 e. The third kappa shape index (κ3) is 2.51. The molecule has 92 valence electrons. The summed E-state index contributed by atoms with van der Waals surface area (Å²) in [4.78, 5) is 11.6. The van der Waals surface area contributed by atoms with Crippen molar-refractivity contribution in [1.82, 2.24) is 0 Å². The molecule has 0 atom stereocenters. The number of para-hydroxylation sites is 2. The van der Waals surface area contributed by atoms with E-state index in [1.54, 1.807) is 37.3 Å². The summed E-state index contributed by atoms with van der Waals surface area (Å²) in [5.41, 5.74) is 0.297. The van der Waals surface area contributed by atoms with Gasteiger partial charge in [-0.05, 0) is 24.3 Å². The normalized spacial score (nSPS) is 10.1. The van der Waals surface area contributed by atoms with Crippen LogP contribution in [0.4, 0.5) is 0 Å². The number of benzene rings is 2. The first-order valence-corrected chi connectivity index (χ1v) is 5.80. The SMILES string of the molecule is CCC(=O)c1cccc(Oc2ccccc2)c1O. The lowest BCUT2D eigenvalue weighted by Crippen LogP contribution is -1.98. The molecule has 2 aromatic rings. The summed E-state index contributed by atoms with van der Waals surface area (Å²) in [5.74, 6) is 0.702. The maximum Gasteiger partial charge on any atom is 0.169 e. The number of Topliss-reactive ketones (excluding diaryl/α,β-unsaturated/α-hetero) is 1. The summed E-state index contributed by atoms with van der Waals surface area (Å²) in [6.07, 6.45) is 0.350. The zero-order valence-corrected chi connectivity index (χ0v) is 10.1.